The van der Waals surface area contributed by atoms with Crippen molar-refractivity contribution in [2.45, 2.75) is 39.7 Å². The highest BCUT2D eigenvalue weighted by Gasteiger charge is 2.21. The third-order valence-electron chi connectivity index (χ3n) is 4.12. The van der Waals surface area contributed by atoms with Crippen molar-refractivity contribution in [1.29, 1.82) is 0 Å². The zero-order valence-electron chi connectivity index (χ0n) is 16.4. The second kappa shape index (κ2) is 14.0. The number of carbonyl (C=O) groups excluding carboxylic acids is 2. The number of halogens is 1. The molecule has 0 saturated carbocycles. The van der Waals surface area contributed by atoms with Crippen LogP contribution < -0.4 is 21.3 Å². The van der Waals surface area contributed by atoms with E-state index in [1.54, 1.807) is 7.05 Å². The number of hydrogen-bond donors (Lipinski definition) is 4. The van der Waals surface area contributed by atoms with Crippen LogP contribution in [0.2, 0.25) is 0 Å². The molecule has 152 valence electrons. The van der Waals surface area contributed by atoms with Crippen molar-refractivity contribution in [1.82, 2.24) is 26.2 Å². The molecule has 0 atom stereocenters. The predicted molar refractivity (Wildman–Crippen MR) is 116 cm³/mol. The molecule has 0 aromatic heterocycles. The Hall–Kier alpha value is -1.10. The van der Waals surface area contributed by atoms with Crippen LogP contribution in [0.3, 0.4) is 0 Å². The molecule has 26 heavy (non-hydrogen) atoms. The summed E-state index contributed by atoms with van der Waals surface area (Å²) in [6, 6.07) is 0.351. The second-order valence-corrected chi connectivity index (χ2v) is 6.57. The van der Waals surface area contributed by atoms with Crippen molar-refractivity contribution in [2.24, 2.45) is 10.9 Å². The number of aliphatic imine (C=N–C) groups is 1. The number of piperidine rings is 1. The topological polar surface area (TPSA) is 97.9 Å². The van der Waals surface area contributed by atoms with E-state index in [1.807, 2.05) is 20.8 Å². The molecule has 0 aliphatic carbocycles. The van der Waals surface area contributed by atoms with E-state index in [2.05, 4.69) is 31.2 Å². The fraction of sp³-hybridized carbons (Fsp3) is 0.824. The number of nitrogens with zero attached hydrogens (tertiary/aromatic N) is 2. The van der Waals surface area contributed by atoms with Crippen molar-refractivity contribution >= 4 is 41.8 Å². The van der Waals surface area contributed by atoms with Gasteiger partial charge in [-0.3, -0.25) is 19.5 Å². The maximum absolute atomic E-state index is 11.5. The van der Waals surface area contributed by atoms with Gasteiger partial charge in [-0.05, 0) is 19.8 Å². The van der Waals surface area contributed by atoms with E-state index in [1.165, 1.54) is 0 Å². The molecule has 1 saturated heterocycles. The van der Waals surface area contributed by atoms with Crippen LogP contribution in [0.4, 0.5) is 0 Å². The van der Waals surface area contributed by atoms with Gasteiger partial charge in [-0.2, -0.15) is 0 Å². The minimum Gasteiger partial charge on any atom is -0.358 e. The molecule has 1 aliphatic rings. The summed E-state index contributed by atoms with van der Waals surface area (Å²) in [6.07, 6.45) is 1.96. The molecule has 0 bridgehead atoms. The van der Waals surface area contributed by atoms with Gasteiger partial charge < -0.3 is 21.3 Å². The van der Waals surface area contributed by atoms with Crippen LogP contribution in [-0.4, -0.2) is 75.0 Å². The Bertz CT molecular complexity index is 451. The Balaban J connectivity index is 0.00000625. The first-order chi connectivity index (χ1) is 12.0. The Labute approximate surface area is 174 Å². The zero-order valence-corrected chi connectivity index (χ0v) is 18.8. The van der Waals surface area contributed by atoms with Gasteiger partial charge in [0.05, 0.1) is 13.1 Å². The number of likely N-dealkylation sites (N-methyl/N-ethyl adjacent to an activating group) is 1. The fourth-order valence-electron chi connectivity index (χ4n) is 2.58. The molecular formula is C17H35IN6O2. The van der Waals surface area contributed by atoms with E-state index in [4.69, 9.17) is 0 Å². The van der Waals surface area contributed by atoms with E-state index >= 15 is 0 Å². The average Bonchev–Trinajstić information content (AvgIpc) is 2.59. The molecule has 1 aliphatic heterocycles. The number of nitrogens with one attached hydrogen (secondary N) is 4. The summed E-state index contributed by atoms with van der Waals surface area (Å²) in [7, 11) is 1.67. The van der Waals surface area contributed by atoms with Crippen molar-refractivity contribution in [3.63, 3.8) is 0 Å². The van der Waals surface area contributed by atoms with Crippen LogP contribution in [0.5, 0.6) is 0 Å². The van der Waals surface area contributed by atoms with Crippen molar-refractivity contribution in [2.75, 3.05) is 46.3 Å². The minimum absolute atomic E-state index is 0. The smallest absolute Gasteiger partial charge is 0.233 e. The largest absolute Gasteiger partial charge is 0.358 e. The highest BCUT2D eigenvalue weighted by Crippen LogP contribution is 2.09. The fourth-order valence-corrected chi connectivity index (χ4v) is 2.58. The van der Waals surface area contributed by atoms with E-state index in [0.29, 0.717) is 25.7 Å². The summed E-state index contributed by atoms with van der Waals surface area (Å²) in [6.45, 7) is 9.92. The Morgan fingerprint density at radius 1 is 1.19 bits per heavy atom. The van der Waals surface area contributed by atoms with Crippen LogP contribution in [0, 0.1) is 5.92 Å². The quantitative estimate of drug-likeness (QED) is 0.171. The van der Waals surface area contributed by atoms with E-state index in [9.17, 15) is 9.59 Å². The van der Waals surface area contributed by atoms with E-state index < -0.39 is 0 Å². The van der Waals surface area contributed by atoms with Gasteiger partial charge in [-0.1, -0.05) is 13.8 Å². The summed E-state index contributed by atoms with van der Waals surface area (Å²) in [5.74, 6) is 0.891. The number of hydrogen-bond acceptors (Lipinski definition) is 4. The van der Waals surface area contributed by atoms with Crippen LogP contribution >= 0.6 is 24.0 Å². The molecule has 0 radical (unpaired) electrons. The Morgan fingerprint density at radius 2 is 1.85 bits per heavy atom. The SMILES string of the molecule is CCNC(=NCCNC(=O)C(C)C)NC1CCN(CC(=O)NC)CC1.I. The maximum atomic E-state index is 11.5. The standard InChI is InChI=1S/C17H34N6O2.HI/c1-5-19-17(21-9-8-20-16(25)13(2)3)22-14-6-10-23(11-7-14)12-15(24)18-4;/h13-14H,5-12H2,1-4H3,(H,18,24)(H,20,25)(H2,19,21,22);1H. The molecule has 0 aromatic rings. The molecule has 1 heterocycles. The molecule has 9 heteroatoms. The van der Waals surface area contributed by atoms with Crippen LogP contribution in [0.25, 0.3) is 0 Å². The molecule has 0 unspecified atom stereocenters. The molecular weight excluding hydrogens is 447 g/mol. The lowest BCUT2D eigenvalue weighted by Crippen LogP contribution is -2.50. The Morgan fingerprint density at radius 3 is 2.38 bits per heavy atom. The van der Waals surface area contributed by atoms with Gasteiger partial charge in [-0.15, -0.1) is 24.0 Å². The molecule has 0 spiro atoms. The first kappa shape index (κ1) is 24.9. The van der Waals surface area contributed by atoms with E-state index in [-0.39, 0.29) is 41.7 Å². The van der Waals surface area contributed by atoms with Crippen LogP contribution in [-0.2, 0) is 9.59 Å². The summed E-state index contributed by atoms with van der Waals surface area (Å²) in [5.41, 5.74) is 0. The van der Waals surface area contributed by atoms with Gasteiger partial charge in [-0.25, -0.2) is 0 Å². The summed E-state index contributed by atoms with van der Waals surface area (Å²) >= 11 is 0. The minimum atomic E-state index is -0.00434. The molecule has 8 nitrogen and oxygen atoms in total. The van der Waals surface area contributed by atoms with Gasteiger partial charge in [0.15, 0.2) is 5.96 Å². The zero-order chi connectivity index (χ0) is 18.7. The summed E-state index contributed by atoms with van der Waals surface area (Å²) in [4.78, 5) is 29.7. The summed E-state index contributed by atoms with van der Waals surface area (Å²) in [5, 5.41) is 12.2. The third kappa shape index (κ3) is 10.1. The van der Waals surface area contributed by atoms with Crippen molar-refractivity contribution < 1.29 is 9.59 Å². The van der Waals surface area contributed by atoms with Crippen LogP contribution in [0.15, 0.2) is 4.99 Å². The number of likely N-dealkylation sites (tertiary alicyclic amines) is 1. The first-order valence-corrected chi connectivity index (χ1v) is 9.21. The van der Waals surface area contributed by atoms with Crippen molar-refractivity contribution in [3.05, 3.63) is 0 Å². The third-order valence-corrected chi connectivity index (χ3v) is 4.12. The normalized spacial score (nSPS) is 16.0. The number of amides is 2. The first-order valence-electron chi connectivity index (χ1n) is 9.21. The highest BCUT2D eigenvalue weighted by atomic mass is 127. The lowest BCUT2D eigenvalue weighted by atomic mass is 10.1. The van der Waals surface area contributed by atoms with Gasteiger partial charge >= 0.3 is 0 Å². The maximum Gasteiger partial charge on any atom is 0.233 e. The highest BCUT2D eigenvalue weighted by molar-refractivity contribution is 14.0. The molecule has 4 N–H and O–H groups in total. The van der Waals surface area contributed by atoms with Crippen molar-refractivity contribution in [3.8, 4) is 0 Å². The van der Waals surface area contributed by atoms with Gasteiger partial charge in [0.2, 0.25) is 11.8 Å². The monoisotopic (exact) mass is 482 g/mol. The molecule has 1 rings (SSSR count). The van der Waals surface area contributed by atoms with Crippen LogP contribution in [0.1, 0.15) is 33.6 Å². The summed E-state index contributed by atoms with van der Waals surface area (Å²) < 4.78 is 0. The van der Waals surface area contributed by atoms with Gasteiger partial charge in [0.1, 0.15) is 0 Å². The number of guanidine groups is 1. The molecule has 0 aromatic carbocycles. The van der Waals surface area contributed by atoms with Gasteiger partial charge in [0, 0.05) is 45.2 Å². The second-order valence-electron chi connectivity index (χ2n) is 6.57. The van der Waals surface area contributed by atoms with E-state index in [0.717, 1.165) is 38.4 Å². The molecule has 1 fully saturated rings. The average molecular weight is 482 g/mol. The van der Waals surface area contributed by atoms with Gasteiger partial charge in [0.25, 0.3) is 0 Å². The predicted octanol–water partition coefficient (Wildman–Crippen LogP) is 0.142. The molecule has 2 amide bonds. The Kier molecular flexibility index (Phi) is 13.4. The lowest BCUT2D eigenvalue weighted by molar-refractivity contribution is -0.124. The lowest BCUT2D eigenvalue weighted by Gasteiger charge is -2.32. The number of carbonyl (C=O) groups is 2. The number of rotatable bonds is 8.